The van der Waals surface area contributed by atoms with E-state index in [0.717, 1.165) is 38.4 Å². The van der Waals surface area contributed by atoms with Crippen LogP contribution in [0.25, 0.3) is 0 Å². The molecule has 2 fully saturated rings. The minimum atomic E-state index is -3.04. The quantitative estimate of drug-likeness (QED) is 0.593. The zero-order chi connectivity index (χ0) is 18.5. The summed E-state index contributed by atoms with van der Waals surface area (Å²) in [6.07, 6.45) is 8.17. The van der Waals surface area contributed by atoms with E-state index in [1.54, 1.807) is 4.31 Å². The standard InChI is InChI=1S/C18H36N4O2S/c1-5-9-18(2)10-6-11-21(15-18)17(19-3)20-14-16-7-12-22(13-8-16)25(4,23)24/h16H,5-15H2,1-4H3,(H,19,20). The third-order valence-electron chi connectivity index (χ3n) is 5.74. The second kappa shape index (κ2) is 8.71. The van der Waals surface area contributed by atoms with Crippen LogP contribution < -0.4 is 5.32 Å². The Balaban J connectivity index is 1.83. The molecule has 0 aliphatic carbocycles. The molecular formula is C18H36N4O2S. The van der Waals surface area contributed by atoms with Crippen molar-refractivity contribution in [2.75, 3.05) is 46.0 Å². The molecule has 0 saturated carbocycles. The Labute approximate surface area is 154 Å². The Bertz CT molecular complexity index is 551. The second-order valence-electron chi connectivity index (χ2n) is 8.12. The van der Waals surface area contributed by atoms with Crippen molar-refractivity contribution < 1.29 is 8.42 Å². The average Bonchev–Trinajstić information content (AvgIpc) is 2.55. The van der Waals surface area contributed by atoms with E-state index < -0.39 is 10.0 Å². The molecule has 0 bridgehead atoms. The Kier molecular flexibility index (Phi) is 7.14. The maximum absolute atomic E-state index is 11.6. The van der Waals surface area contributed by atoms with Crippen LogP contribution in [-0.2, 0) is 10.0 Å². The number of hydrogen-bond acceptors (Lipinski definition) is 3. The second-order valence-corrected chi connectivity index (χ2v) is 10.1. The van der Waals surface area contributed by atoms with Crippen LogP contribution in [0.5, 0.6) is 0 Å². The zero-order valence-corrected chi connectivity index (χ0v) is 17.2. The highest BCUT2D eigenvalue weighted by Gasteiger charge is 2.32. The molecule has 0 aromatic carbocycles. The van der Waals surface area contributed by atoms with E-state index in [1.807, 2.05) is 7.05 Å². The van der Waals surface area contributed by atoms with E-state index in [1.165, 1.54) is 31.9 Å². The van der Waals surface area contributed by atoms with E-state index in [2.05, 4.69) is 29.1 Å². The van der Waals surface area contributed by atoms with E-state index in [4.69, 9.17) is 0 Å². The lowest BCUT2D eigenvalue weighted by Crippen LogP contribution is -2.51. The number of rotatable bonds is 5. The van der Waals surface area contributed by atoms with Crippen molar-refractivity contribution >= 4 is 16.0 Å². The number of hydrogen-bond donors (Lipinski definition) is 1. The van der Waals surface area contributed by atoms with E-state index >= 15 is 0 Å². The molecular weight excluding hydrogens is 336 g/mol. The van der Waals surface area contributed by atoms with Crippen LogP contribution in [-0.4, -0.2) is 69.6 Å². The minimum absolute atomic E-state index is 0.394. The van der Waals surface area contributed by atoms with Gasteiger partial charge in [0.15, 0.2) is 5.96 Å². The summed E-state index contributed by atoms with van der Waals surface area (Å²) in [4.78, 5) is 6.91. The number of aliphatic imine (C=N–C) groups is 1. The van der Waals surface area contributed by atoms with E-state index in [0.29, 0.717) is 24.4 Å². The van der Waals surface area contributed by atoms with E-state index in [9.17, 15) is 8.42 Å². The van der Waals surface area contributed by atoms with Crippen LogP contribution in [0, 0.1) is 11.3 Å². The smallest absolute Gasteiger partial charge is 0.211 e. The molecule has 1 unspecified atom stereocenters. The monoisotopic (exact) mass is 372 g/mol. The molecule has 1 atom stereocenters. The van der Waals surface area contributed by atoms with Crippen LogP contribution in [0.1, 0.15) is 52.4 Å². The maximum Gasteiger partial charge on any atom is 0.211 e. The third-order valence-corrected chi connectivity index (χ3v) is 7.04. The molecule has 6 nitrogen and oxygen atoms in total. The number of nitrogens with zero attached hydrogens (tertiary/aromatic N) is 3. The summed E-state index contributed by atoms with van der Waals surface area (Å²) in [5.41, 5.74) is 0.394. The van der Waals surface area contributed by atoms with Gasteiger partial charge in [0.05, 0.1) is 6.26 Å². The molecule has 0 aromatic rings. The van der Waals surface area contributed by atoms with Gasteiger partial charge in [-0.25, -0.2) is 12.7 Å². The fourth-order valence-electron chi connectivity index (χ4n) is 4.32. The molecule has 0 amide bonds. The molecule has 2 aliphatic heterocycles. The Morgan fingerprint density at radius 1 is 1.28 bits per heavy atom. The van der Waals surface area contributed by atoms with Crippen LogP contribution in [0.15, 0.2) is 4.99 Å². The summed E-state index contributed by atoms with van der Waals surface area (Å²) in [7, 11) is -1.18. The molecule has 2 aliphatic rings. The van der Waals surface area contributed by atoms with Gasteiger partial charge in [-0.05, 0) is 43.4 Å². The average molecular weight is 373 g/mol. The number of guanidine groups is 1. The van der Waals surface area contributed by atoms with Crippen molar-refractivity contribution in [2.24, 2.45) is 16.3 Å². The van der Waals surface area contributed by atoms with Gasteiger partial charge in [0.2, 0.25) is 10.0 Å². The summed E-state index contributed by atoms with van der Waals surface area (Å²) in [5, 5.41) is 3.55. The fraction of sp³-hybridized carbons (Fsp3) is 0.944. The summed E-state index contributed by atoms with van der Waals surface area (Å²) < 4.78 is 24.8. The van der Waals surface area contributed by atoms with Crippen LogP contribution >= 0.6 is 0 Å². The predicted molar refractivity (Wildman–Crippen MR) is 104 cm³/mol. The van der Waals surface area contributed by atoms with Gasteiger partial charge in [-0.1, -0.05) is 20.3 Å². The van der Waals surface area contributed by atoms with Crippen molar-refractivity contribution in [2.45, 2.75) is 52.4 Å². The van der Waals surface area contributed by atoms with Crippen LogP contribution in [0.2, 0.25) is 0 Å². The summed E-state index contributed by atoms with van der Waals surface area (Å²) in [6, 6.07) is 0. The first kappa shape index (κ1) is 20.5. The van der Waals surface area contributed by atoms with Gasteiger partial charge in [0.1, 0.15) is 0 Å². The lowest BCUT2D eigenvalue weighted by Gasteiger charge is -2.42. The third kappa shape index (κ3) is 5.84. The molecule has 2 rings (SSSR count). The predicted octanol–water partition coefficient (Wildman–Crippen LogP) is 2.14. The SMILES string of the molecule is CCCC1(C)CCCN(C(=NC)NCC2CCN(S(C)(=O)=O)CC2)C1. The van der Waals surface area contributed by atoms with Crippen LogP contribution in [0.3, 0.4) is 0 Å². The molecule has 1 N–H and O–H groups in total. The molecule has 146 valence electrons. The highest BCUT2D eigenvalue weighted by molar-refractivity contribution is 7.88. The van der Waals surface area contributed by atoms with Gasteiger partial charge in [-0.2, -0.15) is 0 Å². The van der Waals surface area contributed by atoms with Gasteiger partial charge in [0.25, 0.3) is 0 Å². The van der Waals surface area contributed by atoms with Gasteiger partial charge < -0.3 is 10.2 Å². The Hall–Kier alpha value is -0.820. The largest absolute Gasteiger partial charge is 0.356 e. The first-order valence-corrected chi connectivity index (χ1v) is 11.5. The summed E-state index contributed by atoms with van der Waals surface area (Å²) >= 11 is 0. The summed E-state index contributed by atoms with van der Waals surface area (Å²) in [6.45, 7) is 8.98. The molecule has 0 aromatic heterocycles. The minimum Gasteiger partial charge on any atom is -0.356 e. The summed E-state index contributed by atoms with van der Waals surface area (Å²) in [5.74, 6) is 1.52. The van der Waals surface area contributed by atoms with Gasteiger partial charge in [0, 0.05) is 39.8 Å². The number of piperidine rings is 2. The lowest BCUT2D eigenvalue weighted by atomic mass is 9.78. The topological polar surface area (TPSA) is 65.0 Å². The molecule has 0 spiro atoms. The van der Waals surface area contributed by atoms with Gasteiger partial charge in [-0.3, -0.25) is 4.99 Å². The highest BCUT2D eigenvalue weighted by atomic mass is 32.2. The number of likely N-dealkylation sites (tertiary alicyclic amines) is 1. The lowest BCUT2D eigenvalue weighted by molar-refractivity contribution is 0.142. The zero-order valence-electron chi connectivity index (χ0n) is 16.4. The van der Waals surface area contributed by atoms with Gasteiger partial charge in [-0.15, -0.1) is 0 Å². The van der Waals surface area contributed by atoms with E-state index in [-0.39, 0.29) is 0 Å². The highest BCUT2D eigenvalue weighted by Crippen LogP contribution is 2.33. The van der Waals surface area contributed by atoms with Crippen molar-refractivity contribution in [3.05, 3.63) is 0 Å². The molecule has 25 heavy (non-hydrogen) atoms. The molecule has 0 radical (unpaired) electrons. The first-order valence-electron chi connectivity index (χ1n) is 9.68. The van der Waals surface area contributed by atoms with Crippen molar-refractivity contribution in [1.29, 1.82) is 0 Å². The first-order chi connectivity index (χ1) is 11.8. The Morgan fingerprint density at radius 3 is 2.52 bits per heavy atom. The Morgan fingerprint density at radius 2 is 1.96 bits per heavy atom. The van der Waals surface area contributed by atoms with Gasteiger partial charge >= 0.3 is 0 Å². The van der Waals surface area contributed by atoms with Crippen molar-refractivity contribution in [3.8, 4) is 0 Å². The molecule has 7 heteroatoms. The fourth-order valence-corrected chi connectivity index (χ4v) is 5.19. The molecule has 2 saturated heterocycles. The maximum atomic E-state index is 11.6. The van der Waals surface area contributed by atoms with Crippen molar-refractivity contribution in [1.82, 2.24) is 14.5 Å². The van der Waals surface area contributed by atoms with Crippen LogP contribution in [0.4, 0.5) is 0 Å². The normalized spacial score (nSPS) is 27.5. The number of sulfonamides is 1. The number of nitrogens with one attached hydrogen (secondary N) is 1. The molecule has 2 heterocycles. The van der Waals surface area contributed by atoms with Crippen molar-refractivity contribution in [3.63, 3.8) is 0 Å².